The molecular weight excluding hydrogens is 562 g/mol. The Balaban J connectivity index is 1.14. The second-order valence-electron chi connectivity index (χ2n) is 11.6. The Bertz CT molecular complexity index is 2670. The van der Waals surface area contributed by atoms with E-state index < -0.39 is 0 Å². The number of hydrogen-bond acceptors (Lipinski definition) is 3. The molecule has 0 saturated heterocycles. The molecule has 0 unspecified atom stereocenters. The van der Waals surface area contributed by atoms with Crippen LogP contribution in [-0.2, 0) is 0 Å². The summed E-state index contributed by atoms with van der Waals surface area (Å²) in [5.74, 6) is 0. The largest absolute Gasteiger partial charge is 0.455 e. The topological polar surface area (TPSA) is 50.1 Å². The van der Waals surface area contributed by atoms with Crippen molar-refractivity contribution in [2.75, 3.05) is 0 Å². The van der Waals surface area contributed by atoms with Gasteiger partial charge < -0.3 is 8.83 Å². The molecule has 7 aromatic carbocycles. The molecular formula is C43H25NO2. The van der Waals surface area contributed by atoms with Gasteiger partial charge in [-0.2, -0.15) is 5.26 Å². The van der Waals surface area contributed by atoms with Gasteiger partial charge in [0.1, 0.15) is 22.3 Å². The minimum absolute atomic E-state index is 0.604. The van der Waals surface area contributed by atoms with Crippen molar-refractivity contribution in [2.45, 2.75) is 0 Å². The molecule has 0 fully saturated rings. The minimum Gasteiger partial charge on any atom is -0.455 e. The zero-order chi connectivity index (χ0) is 30.6. The normalized spacial score (nSPS) is 11.5. The van der Waals surface area contributed by atoms with Crippen LogP contribution in [0.25, 0.3) is 88.4 Å². The lowest BCUT2D eigenvalue weighted by Crippen LogP contribution is -1.87. The van der Waals surface area contributed by atoms with Crippen molar-refractivity contribution in [3.63, 3.8) is 0 Å². The highest BCUT2D eigenvalue weighted by molar-refractivity contribution is 6.10. The van der Waals surface area contributed by atoms with E-state index >= 15 is 0 Å². The second kappa shape index (κ2) is 10.4. The van der Waals surface area contributed by atoms with E-state index in [1.807, 2.05) is 48.5 Å². The van der Waals surface area contributed by atoms with E-state index in [9.17, 15) is 5.26 Å². The first-order valence-corrected chi connectivity index (χ1v) is 15.3. The number of hydrogen-bond donors (Lipinski definition) is 0. The minimum atomic E-state index is 0.604. The van der Waals surface area contributed by atoms with Gasteiger partial charge in [0, 0.05) is 32.7 Å². The van der Waals surface area contributed by atoms with Crippen LogP contribution in [0.3, 0.4) is 0 Å². The molecule has 0 amide bonds. The first-order chi connectivity index (χ1) is 22.7. The monoisotopic (exact) mass is 587 g/mol. The Hall–Kier alpha value is -6.37. The molecule has 0 atom stereocenters. The van der Waals surface area contributed by atoms with Crippen LogP contribution in [0.15, 0.2) is 160 Å². The van der Waals surface area contributed by atoms with Gasteiger partial charge in [0.2, 0.25) is 0 Å². The summed E-state index contributed by atoms with van der Waals surface area (Å²) in [5, 5.41) is 14.4. The predicted octanol–water partition coefficient (Wildman–Crippen LogP) is 12.0. The summed E-state index contributed by atoms with van der Waals surface area (Å²) in [6, 6.07) is 54.4. The van der Waals surface area contributed by atoms with Crippen molar-refractivity contribution in [1.82, 2.24) is 0 Å². The highest BCUT2D eigenvalue weighted by atomic mass is 16.3. The van der Waals surface area contributed by atoms with Crippen LogP contribution < -0.4 is 0 Å². The smallest absolute Gasteiger partial charge is 0.143 e. The SMILES string of the molecule is N#Cc1cc(-c2cccc(-c3cccc(-c4cccc5c4oc4ccccc45)c3)c2)cc(-c2cccc3c2oc2ccccc23)c1. The van der Waals surface area contributed by atoms with Gasteiger partial charge in [-0.25, -0.2) is 0 Å². The van der Waals surface area contributed by atoms with Crippen molar-refractivity contribution in [2.24, 2.45) is 0 Å². The fourth-order valence-electron chi connectivity index (χ4n) is 6.71. The summed E-state index contributed by atoms with van der Waals surface area (Å²) in [5.41, 5.74) is 12.4. The van der Waals surface area contributed by atoms with E-state index in [-0.39, 0.29) is 0 Å². The molecule has 2 heterocycles. The average Bonchev–Trinajstić information content (AvgIpc) is 3.70. The highest BCUT2D eigenvalue weighted by Crippen LogP contribution is 2.39. The van der Waals surface area contributed by atoms with Crippen LogP contribution >= 0.6 is 0 Å². The van der Waals surface area contributed by atoms with Gasteiger partial charge in [0.05, 0.1) is 11.6 Å². The molecule has 0 spiro atoms. The standard InChI is InChI=1S/C43H25NO2/c44-26-27-21-32(25-33(22-27)35-16-8-18-39-37-14-2-4-20-41(37)46-43(35)39)30-11-5-9-28(23-30)29-10-6-12-31(24-29)34-15-7-17-38-36-13-1-3-19-40(36)45-42(34)38/h1-25H. The van der Waals surface area contributed by atoms with Gasteiger partial charge in [-0.05, 0) is 75.8 Å². The van der Waals surface area contributed by atoms with E-state index in [0.29, 0.717) is 5.56 Å². The molecule has 9 aromatic rings. The number of benzene rings is 7. The molecule has 214 valence electrons. The summed E-state index contributed by atoms with van der Waals surface area (Å²) in [7, 11) is 0. The molecule has 9 rings (SSSR count). The number of fused-ring (bicyclic) bond motifs is 6. The first kappa shape index (κ1) is 26.1. The molecule has 0 aliphatic carbocycles. The van der Waals surface area contributed by atoms with Gasteiger partial charge in [0.15, 0.2) is 0 Å². The Morgan fingerprint density at radius 2 is 0.804 bits per heavy atom. The van der Waals surface area contributed by atoms with Gasteiger partial charge in [0.25, 0.3) is 0 Å². The Morgan fingerprint density at radius 3 is 1.41 bits per heavy atom. The van der Waals surface area contributed by atoms with Crippen molar-refractivity contribution >= 4 is 43.9 Å². The molecule has 0 N–H and O–H groups in total. The quantitative estimate of drug-likeness (QED) is 0.206. The van der Waals surface area contributed by atoms with Crippen LogP contribution in [0.2, 0.25) is 0 Å². The maximum Gasteiger partial charge on any atom is 0.143 e. The predicted molar refractivity (Wildman–Crippen MR) is 187 cm³/mol. The third-order valence-corrected chi connectivity index (χ3v) is 8.88. The molecule has 0 bridgehead atoms. The lowest BCUT2D eigenvalue weighted by Gasteiger charge is -2.11. The lowest BCUT2D eigenvalue weighted by molar-refractivity contribution is 0.669. The molecule has 46 heavy (non-hydrogen) atoms. The van der Waals surface area contributed by atoms with E-state index in [4.69, 9.17) is 8.83 Å². The van der Waals surface area contributed by atoms with Crippen LogP contribution in [0.1, 0.15) is 5.56 Å². The van der Waals surface area contributed by atoms with Crippen molar-refractivity contribution in [3.8, 4) is 50.6 Å². The summed E-state index contributed by atoms with van der Waals surface area (Å²) in [4.78, 5) is 0. The zero-order valence-electron chi connectivity index (χ0n) is 24.7. The second-order valence-corrected chi connectivity index (χ2v) is 11.6. The van der Waals surface area contributed by atoms with Gasteiger partial charge in [-0.1, -0.05) is 109 Å². The lowest BCUT2D eigenvalue weighted by atomic mass is 9.93. The molecule has 0 radical (unpaired) electrons. The fourth-order valence-corrected chi connectivity index (χ4v) is 6.71. The fraction of sp³-hybridized carbons (Fsp3) is 0. The maximum atomic E-state index is 10.0. The number of furan rings is 2. The van der Waals surface area contributed by atoms with E-state index in [2.05, 4.69) is 109 Å². The maximum absolute atomic E-state index is 10.0. The molecule has 3 nitrogen and oxygen atoms in total. The van der Waals surface area contributed by atoms with Crippen LogP contribution in [0.5, 0.6) is 0 Å². The Morgan fingerprint density at radius 1 is 0.370 bits per heavy atom. The summed E-state index contributed by atoms with van der Waals surface area (Å²) < 4.78 is 12.7. The third-order valence-electron chi connectivity index (χ3n) is 8.88. The summed E-state index contributed by atoms with van der Waals surface area (Å²) in [6.45, 7) is 0. The van der Waals surface area contributed by atoms with Crippen LogP contribution in [0.4, 0.5) is 0 Å². The molecule has 3 heteroatoms. The molecule has 0 aliphatic heterocycles. The number of nitrogens with zero attached hydrogens (tertiary/aromatic N) is 1. The van der Waals surface area contributed by atoms with Gasteiger partial charge >= 0.3 is 0 Å². The van der Waals surface area contributed by atoms with Crippen LogP contribution in [-0.4, -0.2) is 0 Å². The zero-order valence-corrected chi connectivity index (χ0v) is 24.7. The summed E-state index contributed by atoms with van der Waals surface area (Å²) >= 11 is 0. The number of nitriles is 1. The first-order valence-electron chi connectivity index (χ1n) is 15.3. The molecule has 0 saturated carbocycles. The van der Waals surface area contributed by atoms with Crippen molar-refractivity contribution in [1.29, 1.82) is 5.26 Å². The van der Waals surface area contributed by atoms with Crippen LogP contribution in [0, 0.1) is 11.3 Å². The molecule has 2 aromatic heterocycles. The van der Waals surface area contributed by atoms with E-state index in [0.717, 1.165) is 88.4 Å². The number of rotatable bonds is 4. The van der Waals surface area contributed by atoms with E-state index in [1.165, 1.54) is 0 Å². The average molecular weight is 588 g/mol. The Kier molecular flexibility index (Phi) is 5.88. The number of para-hydroxylation sites is 4. The van der Waals surface area contributed by atoms with Crippen molar-refractivity contribution in [3.05, 3.63) is 157 Å². The van der Waals surface area contributed by atoms with Gasteiger partial charge in [-0.3, -0.25) is 0 Å². The van der Waals surface area contributed by atoms with Gasteiger partial charge in [-0.15, -0.1) is 0 Å². The molecule has 0 aliphatic rings. The van der Waals surface area contributed by atoms with Crippen molar-refractivity contribution < 1.29 is 8.83 Å². The highest BCUT2D eigenvalue weighted by Gasteiger charge is 2.15. The third kappa shape index (κ3) is 4.20. The Labute approximate surface area is 265 Å². The summed E-state index contributed by atoms with van der Waals surface area (Å²) in [6.07, 6.45) is 0. The van der Waals surface area contributed by atoms with E-state index in [1.54, 1.807) is 0 Å².